The summed E-state index contributed by atoms with van der Waals surface area (Å²) in [5.41, 5.74) is 3.91. The fraction of sp³-hybridized carbons (Fsp3) is 0.474. The van der Waals surface area contributed by atoms with Gasteiger partial charge in [-0.05, 0) is 57.3 Å². The molecule has 1 amide bonds. The molecular formula is C19H20N6OS. The summed E-state index contributed by atoms with van der Waals surface area (Å²) in [6.07, 6.45) is 6.09. The maximum Gasteiger partial charge on any atom is 0.271 e. The number of nitrogens with one attached hydrogen (secondary N) is 1. The van der Waals surface area contributed by atoms with Gasteiger partial charge in [0.25, 0.3) is 5.91 Å². The van der Waals surface area contributed by atoms with Crippen molar-refractivity contribution in [3.8, 4) is 0 Å². The normalized spacial score (nSPS) is 16.7. The predicted molar refractivity (Wildman–Crippen MR) is 107 cm³/mol. The molecule has 0 spiro atoms. The number of aromatic nitrogens is 4. The smallest absolute Gasteiger partial charge is 0.271 e. The summed E-state index contributed by atoms with van der Waals surface area (Å²) in [6.45, 7) is 4.70. The van der Waals surface area contributed by atoms with Crippen molar-refractivity contribution in [1.29, 1.82) is 0 Å². The Morgan fingerprint density at radius 2 is 2.11 bits per heavy atom. The van der Waals surface area contributed by atoms with Crippen LogP contribution in [0.5, 0.6) is 0 Å². The maximum atomic E-state index is 13.6. The highest BCUT2D eigenvalue weighted by Crippen LogP contribution is 2.40. The van der Waals surface area contributed by atoms with Crippen LogP contribution in [0.1, 0.15) is 48.7 Å². The van der Waals surface area contributed by atoms with E-state index in [1.165, 1.54) is 0 Å². The van der Waals surface area contributed by atoms with E-state index in [1.807, 2.05) is 18.4 Å². The molecule has 2 aliphatic carbocycles. The van der Waals surface area contributed by atoms with Gasteiger partial charge in [0.1, 0.15) is 16.9 Å². The van der Waals surface area contributed by atoms with Crippen LogP contribution in [0.2, 0.25) is 0 Å². The first-order chi connectivity index (χ1) is 13.2. The number of carbonyl (C=O) groups is 1. The van der Waals surface area contributed by atoms with Crippen LogP contribution in [0.4, 0.5) is 5.82 Å². The number of aryl methyl sites for hydroxylation is 2. The molecule has 2 saturated carbocycles. The van der Waals surface area contributed by atoms with E-state index >= 15 is 0 Å². The summed E-state index contributed by atoms with van der Waals surface area (Å²) >= 11 is 4.77. The standard InChI is InChI=1S/C19H20N6OS/c1-3-24-16(19(26)25(11-4-5-11)12-6-7-12)10(2)13-14-15(21-8-20-14)17(22-9-27)23-18(13)24/h8,11-12H,3-7H2,1-2H3,(H,20,21). The highest BCUT2D eigenvalue weighted by atomic mass is 32.1. The fourth-order valence-corrected chi connectivity index (χ4v) is 4.20. The molecule has 3 aromatic heterocycles. The lowest BCUT2D eigenvalue weighted by Crippen LogP contribution is -2.36. The van der Waals surface area contributed by atoms with Crippen molar-refractivity contribution in [2.24, 2.45) is 4.99 Å². The molecule has 0 aromatic carbocycles. The Kier molecular flexibility index (Phi) is 3.67. The molecule has 0 radical (unpaired) electrons. The van der Waals surface area contributed by atoms with E-state index in [2.05, 4.69) is 25.0 Å². The van der Waals surface area contributed by atoms with Crippen molar-refractivity contribution >= 4 is 51.2 Å². The van der Waals surface area contributed by atoms with Crippen LogP contribution in [0.15, 0.2) is 11.3 Å². The molecule has 7 nitrogen and oxygen atoms in total. The number of thiocarbonyl (C=S) groups is 1. The minimum absolute atomic E-state index is 0.130. The SMILES string of the molecule is CCn1c(C(=O)N(C2CC2)C2CC2)c(C)c2c3[nH]cnc3c(N=C=S)nc21. The summed E-state index contributed by atoms with van der Waals surface area (Å²) in [4.78, 5) is 32.0. The van der Waals surface area contributed by atoms with E-state index in [9.17, 15) is 4.79 Å². The fourth-order valence-electron chi connectivity index (χ4n) is 4.12. The Hall–Kier alpha value is -2.57. The molecule has 1 N–H and O–H groups in total. The number of H-pyrrole nitrogens is 1. The quantitative estimate of drug-likeness (QED) is 0.540. The Bertz CT molecular complexity index is 1120. The molecule has 3 aromatic rings. The van der Waals surface area contributed by atoms with Gasteiger partial charge in [-0.15, -0.1) is 0 Å². The summed E-state index contributed by atoms with van der Waals surface area (Å²) in [5, 5.41) is 3.32. The third-order valence-electron chi connectivity index (χ3n) is 5.58. The zero-order chi connectivity index (χ0) is 18.7. The van der Waals surface area contributed by atoms with Gasteiger partial charge >= 0.3 is 0 Å². The average molecular weight is 380 g/mol. The maximum absolute atomic E-state index is 13.6. The van der Waals surface area contributed by atoms with Crippen molar-refractivity contribution in [2.75, 3.05) is 0 Å². The zero-order valence-corrected chi connectivity index (χ0v) is 16.1. The van der Waals surface area contributed by atoms with Crippen LogP contribution in [0, 0.1) is 6.92 Å². The Labute approximate surface area is 161 Å². The lowest BCUT2D eigenvalue weighted by atomic mass is 10.1. The molecule has 2 fully saturated rings. The second kappa shape index (κ2) is 5.97. The van der Waals surface area contributed by atoms with E-state index in [1.54, 1.807) is 6.33 Å². The minimum Gasteiger partial charge on any atom is -0.344 e. The Balaban J connectivity index is 1.79. The number of nitrogens with zero attached hydrogens (tertiary/aromatic N) is 5. The molecule has 0 unspecified atom stereocenters. The molecule has 0 bridgehead atoms. The van der Waals surface area contributed by atoms with Gasteiger partial charge in [-0.2, -0.15) is 4.99 Å². The second-order valence-electron chi connectivity index (χ2n) is 7.36. The summed E-state index contributed by atoms with van der Waals surface area (Å²) in [5.74, 6) is 0.561. The van der Waals surface area contributed by atoms with Crippen molar-refractivity contribution in [3.63, 3.8) is 0 Å². The number of fused-ring (bicyclic) bond motifs is 3. The Morgan fingerprint density at radius 3 is 2.70 bits per heavy atom. The molecule has 138 valence electrons. The van der Waals surface area contributed by atoms with Crippen LogP contribution in [0.3, 0.4) is 0 Å². The van der Waals surface area contributed by atoms with E-state index in [4.69, 9.17) is 17.2 Å². The zero-order valence-electron chi connectivity index (χ0n) is 15.3. The molecule has 27 heavy (non-hydrogen) atoms. The first kappa shape index (κ1) is 16.6. The van der Waals surface area contributed by atoms with Crippen LogP contribution < -0.4 is 0 Å². The number of carbonyl (C=O) groups excluding carboxylic acids is 1. The van der Waals surface area contributed by atoms with Crippen molar-refractivity contribution in [1.82, 2.24) is 24.4 Å². The summed E-state index contributed by atoms with van der Waals surface area (Å²) in [6, 6.07) is 0.811. The van der Waals surface area contributed by atoms with E-state index in [-0.39, 0.29) is 5.91 Å². The van der Waals surface area contributed by atoms with E-state index < -0.39 is 0 Å². The van der Waals surface area contributed by atoms with Gasteiger partial charge in [0, 0.05) is 24.0 Å². The molecule has 3 heterocycles. The van der Waals surface area contributed by atoms with Crippen molar-refractivity contribution < 1.29 is 4.79 Å². The topological polar surface area (TPSA) is 79.2 Å². The number of isothiocyanates is 1. The molecular weight excluding hydrogens is 360 g/mol. The number of imidazole rings is 1. The number of hydrogen-bond acceptors (Lipinski definition) is 5. The molecule has 0 atom stereocenters. The average Bonchev–Trinajstić information content (AvgIpc) is 3.58. The van der Waals surface area contributed by atoms with Crippen LogP contribution in [-0.2, 0) is 6.54 Å². The second-order valence-corrected chi connectivity index (χ2v) is 7.54. The van der Waals surface area contributed by atoms with E-state index in [0.717, 1.165) is 53.5 Å². The summed E-state index contributed by atoms with van der Waals surface area (Å²) in [7, 11) is 0. The van der Waals surface area contributed by atoms with Crippen molar-refractivity contribution in [2.45, 2.75) is 58.2 Å². The van der Waals surface area contributed by atoms with E-state index in [0.29, 0.717) is 30.0 Å². The molecule has 8 heteroatoms. The van der Waals surface area contributed by atoms with Gasteiger partial charge in [-0.25, -0.2) is 9.97 Å². The van der Waals surface area contributed by atoms with Gasteiger partial charge in [0.15, 0.2) is 5.82 Å². The lowest BCUT2D eigenvalue weighted by molar-refractivity contribution is 0.0718. The number of amides is 1. The number of rotatable bonds is 5. The molecule has 0 saturated heterocycles. The van der Waals surface area contributed by atoms with Crippen molar-refractivity contribution in [3.05, 3.63) is 17.6 Å². The van der Waals surface area contributed by atoms with Gasteiger partial charge in [0.2, 0.25) is 0 Å². The lowest BCUT2D eigenvalue weighted by Gasteiger charge is -2.23. The first-order valence-corrected chi connectivity index (χ1v) is 9.82. The number of pyridine rings is 1. The van der Waals surface area contributed by atoms with Gasteiger partial charge in [-0.1, -0.05) is 0 Å². The molecule has 2 aliphatic rings. The minimum atomic E-state index is 0.130. The first-order valence-electron chi connectivity index (χ1n) is 9.42. The third-order valence-corrected chi connectivity index (χ3v) is 5.67. The third kappa shape index (κ3) is 2.44. The van der Waals surface area contributed by atoms with Crippen LogP contribution >= 0.6 is 12.2 Å². The predicted octanol–water partition coefficient (Wildman–Crippen LogP) is 3.74. The Morgan fingerprint density at radius 1 is 1.41 bits per heavy atom. The van der Waals surface area contributed by atoms with Gasteiger partial charge < -0.3 is 14.5 Å². The van der Waals surface area contributed by atoms with Gasteiger partial charge in [0.05, 0.1) is 17.0 Å². The largest absolute Gasteiger partial charge is 0.344 e. The molecule has 5 rings (SSSR count). The highest BCUT2D eigenvalue weighted by Gasteiger charge is 2.43. The van der Waals surface area contributed by atoms with Crippen LogP contribution in [-0.4, -0.2) is 47.6 Å². The summed E-state index contributed by atoms with van der Waals surface area (Å²) < 4.78 is 2.01. The monoisotopic (exact) mass is 380 g/mol. The number of hydrogen-bond donors (Lipinski definition) is 1. The number of aromatic amines is 1. The highest BCUT2D eigenvalue weighted by molar-refractivity contribution is 7.78. The molecule has 0 aliphatic heterocycles. The van der Waals surface area contributed by atoms with Crippen LogP contribution in [0.25, 0.3) is 22.1 Å². The van der Waals surface area contributed by atoms with Gasteiger partial charge in [-0.3, -0.25) is 4.79 Å². The number of aliphatic imine (C=N–C) groups is 1.